The molecule has 116 heavy (non-hydrogen) atoms. The molecule has 0 aromatic carbocycles. The van der Waals surface area contributed by atoms with Crippen LogP contribution in [-0.2, 0) is 70.7 Å². The molecule has 0 radical (unpaired) electrons. The summed E-state index contributed by atoms with van der Waals surface area (Å²) in [4.78, 5) is 66.5. The Hall–Kier alpha value is -2.53. The fourth-order valence-corrected chi connectivity index (χ4v) is 16.9. The van der Waals surface area contributed by atoms with E-state index in [9.17, 15) is 74.6 Å². The molecule has 0 aromatic rings. The minimum Gasteiger partial charge on any atom is -0.463 e. The molecular formula is C90H169O25P. The molecule has 3 aliphatic rings. The maximum atomic E-state index is 14.9. The fraction of sp³-hybridized carbons (Fsp3) is 0.956. The summed E-state index contributed by atoms with van der Waals surface area (Å²) in [5.74, 6) is -2.32. The molecule has 2 saturated heterocycles. The molecule has 3 fully saturated rings. The first kappa shape index (κ1) is 108. The number of esters is 4. The SMILES string of the molecule is CCCCCCCCCCCCCCCCCC(=O)OC(COC(=O)CCCCCCCCCCCCCCC)COP(=O)(O)OC1C(OC2OC(CO)C(O)C(O)C2O)C(O)C(O)C(OC(=O)CCCCCCCCC(C)CCCCCCCC)C1OC1OC(COC(=O)CCCCCCCCCCCCCCC)C(O)C(O)C1O. The number of hydrogen-bond acceptors (Lipinski definition) is 24. The lowest BCUT2D eigenvalue weighted by atomic mass is 9.84. The van der Waals surface area contributed by atoms with Gasteiger partial charge in [0.25, 0.3) is 0 Å². The van der Waals surface area contributed by atoms with Crippen molar-refractivity contribution in [3.8, 4) is 0 Å². The third-order valence-electron chi connectivity index (χ3n) is 23.5. The van der Waals surface area contributed by atoms with E-state index in [-0.39, 0.29) is 25.7 Å². The summed E-state index contributed by atoms with van der Waals surface area (Å²) in [6.45, 7) is 7.92. The molecule has 26 heteroatoms. The molecule has 3 rings (SSSR count). The van der Waals surface area contributed by atoms with Gasteiger partial charge < -0.3 is 88.7 Å². The maximum Gasteiger partial charge on any atom is 0.472 e. The van der Waals surface area contributed by atoms with E-state index < -0.39 is 162 Å². The highest BCUT2D eigenvalue weighted by Gasteiger charge is 2.60. The summed E-state index contributed by atoms with van der Waals surface area (Å²) >= 11 is 0. The molecule has 684 valence electrons. The average Bonchev–Trinajstić information content (AvgIpc) is 0.754. The first-order valence-electron chi connectivity index (χ1n) is 47.2. The van der Waals surface area contributed by atoms with Crippen molar-refractivity contribution in [2.45, 2.75) is 518 Å². The number of carbonyl (C=O) groups is 4. The summed E-state index contributed by atoms with van der Waals surface area (Å²) < 4.78 is 73.5. The Morgan fingerprint density at radius 1 is 0.336 bits per heavy atom. The van der Waals surface area contributed by atoms with Crippen molar-refractivity contribution >= 4 is 31.7 Å². The monoisotopic (exact) mass is 1680 g/mol. The van der Waals surface area contributed by atoms with Gasteiger partial charge >= 0.3 is 31.7 Å². The lowest BCUT2D eigenvalue weighted by Gasteiger charge is -2.50. The predicted octanol–water partition coefficient (Wildman–Crippen LogP) is 17.2. The van der Waals surface area contributed by atoms with Crippen LogP contribution in [0.15, 0.2) is 0 Å². The minimum absolute atomic E-state index is 0.0192. The van der Waals surface area contributed by atoms with Gasteiger partial charge in [-0.15, -0.1) is 0 Å². The zero-order chi connectivity index (χ0) is 84.8. The number of rotatable bonds is 76. The first-order chi connectivity index (χ1) is 56.1. The molecule has 2 aliphatic heterocycles. The van der Waals surface area contributed by atoms with Crippen LogP contribution in [0.1, 0.15) is 413 Å². The van der Waals surface area contributed by atoms with E-state index in [0.29, 0.717) is 38.0 Å². The molecule has 2 heterocycles. The number of unbranched alkanes of at least 4 members (excludes halogenated alkanes) is 48. The van der Waals surface area contributed by atoms with Gasteiger partial charge in [-0.05, 0) is 31.6 Å². The number of phosphoric ester groups is 1. The summed E-state index contributed by atoms with van der Waals surface area (Å²) in [6, 6.07) is 0. The number of aliphatic hydroxyl groups is 9. The zero-order valence-corrected chi connectivity index (χ0v) is 73.9. The quantitative estimate of drug-likeness (QED) is 0.0117. The van der Waals surface area contributed by atoms with Crippen molar-refractivity contribution in [3.63, 3.8) is 0 Å². The normalized spacial score (nSPS) is 25.4. The number of phosphoric acid groups is 1. The molecule has 0 amide bonds. The van der Waals surface area contributed by atoms with Gasteiger partial charge in [-0.1, -0.05) is 362 Å². The highest BCUT2D eigenvalue weighted by molar-refractivity contribution is 7.47. The minimum atomic E-state index is -5.80. The van der Waals surface area contributed by atoms with E-state index >= 15 is 0 Å². The van der Waals surface area contributed by atoms with Crippen LogP contribution in [-0.4, -0.2) is 205 Å². The number of aliphatic hydroxyl groups excluding tert-OH is 9. The first-order valence-corrected chi connectivity index (χ1v) is 48.7. The van der Waals surface area contributed by atoms with Crippen LogP contribution >= 0.6 is 7.82 Å². The molecule has 1 aliphatic carbocycles. The van der Waals surface area contributed by atoms with Gasteiger partial charge in [-0.2, -0.15) is 0 Å². The van der Waals surface area contributed by atoms with E-state index in [1.165, 1.54) is 193 Å². The lowest BCUT2D eigenvalue weighted by Crippen LogP contribution is -2.70. The van der Waals surface area contributed by atoms with E-state index in [4.69, 9.17) is 46.9 Å². The van der Waals surface area contributed by atoms with Crippen molar-refractivity contribution in [2.75, 3.05) is 26.4 Å². The Morgan fingerprint density at radius 3 is 1.03 bits per heavy atom. The summed E-state index contributed by atoms with van der Waals surface area (Å²) in [6.07, 6.45) is 23.9. The van der Waals surface area contributed by atoms with Crippen LogP contribution < -0.4 is 0 Å². The fourth-order valence-electron chi connectivity index (χ4n) is 15.9. The van der Waals surface area contributed by atoms with Gasteiger partial charge in [0.05, 0.1) is 13.2 Å². The van der Waals surface area contributed by atoms with Gasteiger partial charge in [0, 0.05) is 25.7 Å². The second-order valence-electron chi connectivity index (χ2n) is 34.2. The van der Waals surface area contributed by atoms with Crippen LogP contribution in [0.25, 0.3) is 0 Å². The van der Waals surface area contributed by atoms with Crippen molar-refractivity contribution in [2.24, 2.45) is 5.92 Å². The Morgan fingerprint density at radius 2 is 0.647 bits per heavy atom. The second kappa shape index (κ2) is 68.9. The van der Waals surface area contributed by atoms with Crippen LogP contribution in [0.3, 0.4) is 0 Å². The number of carbonyl (C=O) groups excluding carboxylic acids is 4. The highest BCUT2D eigenvalue weighted by Crippen LogP contribution is 2.49. The van der Waals surface area contributed by atoms with Gasteiger partial charge in [0.1, 0.15) is 92.6 Å². The molecule has 0 spiro atoms. The van der Waals surface area contributed by atoms with Crippen LogP contribution in [0, 0.1) is 5.92 Å². The molecule has 19 atom stereocenters. The van der Waals surface area contributed by atoms with E-state index in [1.54, 1.807) is 0 Å². The summed E-state index contributed by atoms with van der Waals surface area (Å²) in [5, 5.41) is 102. The van der Waals surface area contributed by atoms with Gasteiger partial charge in [0.15, 0.2) is 24.8 Å². The molecule has 1 saturated carbocycles. The topological polar surface area (TPSA) is 380 Å². The maximum absolute atomic E-state index is 14.9. The molecule has 10 N–H and O–H groups in total. The third-order valence-corrected chi connectivity index (χ3v) is 24.5. The Balaban J connectivity index is 1.93. The molecule has 0 bridgehead atoms. The smallest absolute Gasteiger partial charge is 0.463 e. The van der Waals surface area contributed by atoms with Crippen molar-refractivity contribution in [1.29, 1.82) is 0 Å². The standard InChI is InChI=1S/C90H169O25P/c1-6-10-14-18-22-25-28-31-32-35-38-41-44-51-57-63-75(94)109-70(66-106-73(92)61-55-49-42-39-36-33-29-26-23-19-15-11-7-2)67-108-116(104,105)115-88-86(113-89-83(102)79(98)77(96)71(65-91)110-89)82(101)81(100)85(112-76(95)64-58-52-46-45-48-54-60-69(5)59-53-47-21-17-13-9-4)87(88)114-90-84(103)80(99)78(97)72(111-90)68-107-74(93)62-56-50-43-40-37-34-30-27-24-20-16-12-8-3/h69-72,77-91,96-103H,6-68H2,1-5H3,(H,104,105). The third kappa shape index (κ3) is 49.1. The molecule has 0 aromatic heterocycles. The van der Waals surface area contributed by atoms with Crippen LogP contribution in [0.5, 0.6) is 0 Å². The largest absolute Gasteiger partial charge is 0.472 e. The Labute approximate surface area is 699 Å². The average molecular weight is 1680 g/mol. The number of ether oxygens (including phenoxy) is 8. The number of hydrogen-bond donors (Lipinski definition) is 10. The Bertz CT molecular complexity index is 2430. The van der Waals surface area contributed by atoms with Crippen LogP contribution in [0.2, 0.25) is 0 Å². The van der Waals surface area contributed by atoms with Crippen LogP contribution in [0.4, 0.5) is 0 Å². The Kier molecular flexibility index (Phi) is 63.9. The van der Waals surface area contributed by atoms with Crippen molar-refractivity contribution < 1.29 is 122 Å². The second-order valence-corrected chi connectivity index (χ2v) is 35.6. The molecule has 25 nitrogen and oxygen atoms in total. The highest BCUT2D eigenvalue weighted by atomic mass is 31.2. The van der Waals surface area contributed by atoms with Gasteiger partial charge in [-0.25, -0.2) is 4.57 Å². The van der Waals surface area contributed by atoms with Gasteiger partial charge in [0.2, 0.25) is 0 Å². The zero-order valence-electron chi connectivity index (χ0n) is 73.0. The molecule has 19 unspecified atom stereocenters. The van der Waals surface area contributed by atoms with Crippen molar-refractivity contribution in [3.05, 3.63) is 0 Å². The predicted molar refractivity (Wildman–Crippen MR) is 449 cm³/mol. The van der Waals surface area contributed by atoms with Gasteiger partial charge in [-0.3, -0.25) is 28.2 Å². The van der Waals surface area contributed by atoms with Crippen molar-refractivity contribution in [1.82, 2.24) is 0 Å². The van der Waals surface area contributed by atoms with E-state index in [2.05, 4.69) is 34.6 Å². The van der Waals surface area contributed by atoms with E-state index in [1.807, 2.05) is 0 Å². The summed E-state index contributed by atoms with van der Waals surface area (Å²) in [7, 11) is -5.80. The lowest BCUT2D eigenvalue weighted by molar-refractivity contribution is -0.360. The summed E-state index contributed by atoms with van der Waals surface area (Å²) in [5.41, 5.74) is 0. The molecular weight excluding hydrogens is 1510 g/mol. The van der Waals surface area contributed by atoms with E-state index in [0.717, 1.165) is 128 Å².